The van der Waals surface area contributed by atoms with Crippen LogP contribution in [0.1, 0.15) is 50.2 Å². The van der Waals surface area contributed by atoms with Gasteiger partial charge in [-0.1, -0.05) is 19.3 Å². The lowest BCUT2D eigenvalue weighted by Crippen LogP contribution is -2.44. The number of aliphatic hydroxyl groups is 1. The molecule has 0 spiro atoms. The van der Waals surface area contributed by atoms with Crippen molar-refractivity contribution in [3.8, 4) is 0 Å². The Morgan fingerprint density at radius 3 is 2.89 bits per heavy atom. The molecule has 4 N–H and O–H groups in total. The Morgan fingerprint density at radius 2 is 2.21 bits per heavy atom. The average molecular weight is 384 g/mol. The maximum atomic E-state index is 11.5. The van der Waals surface area contributed by atoms with E-state index < -0.39 is 5.60 Å². The van der Waals surface area contributed by atoms with Gasteiger partial charge in [-0.25, -0.2) is 4.98 Å². The van der Waals surface area contributed by atoms with E-state index >= 15 is 0 Å². The van der Waals surface area contributed by atoms with E-state index in [0.717, 1.165) is 37.2 Å². The standard InChI is InChI=1S/C20H28N6O2/c1-14-13-28-10-9-26(14)18-11-16(20(27)6-3-2-4-7-20)15(12-21)19(24-18)23-17-5-8-22-25-17/h5,8,11-12,14,21,27H,2-4,6-7,9-10,13H2,1H3,(H2,22,23,24,25)/t14-/m1/s1. The predicted molar refractivity (Wildman–Crippen MR) is 109 cm³/mol. The molecule has 1 atom stereocenters. The third-order valence-electron chi connectivity index (χ3n) is 5.79. The molecule has 0 bridgehead atoms. The van der Waals surface area contributed by atoms with Gasteiger partial charge in [0.15, 0.2) is 0 Å². The summed E-state index contributed by atoms with van der Waals surface area (Å²) in [4.78, 5) is 7.04. The predicted octanol–water partition coefficient (Wildman–Crippen LogP) is 2.92. The highest BCUT2D eigenvalue weighted by Crippen LogP contribution is 2.41. The molecular weight excluding hydrogens is 356 g/mol. The minimum atomic E-state index is -0.928. The van der Waals surface area contributed by atoms with Crippen molar-refractivity contribution in [2.24, 2.45) is 0 Å². The first-order valence-electron chi connectivity index (χ1n) is 10.00. The molecule has 1 aliphatic heterocycles. The van der Waals surface area contributed by atoms with Crippen LogP contribution in [0.4, 0.5) is 17.5 Å². The zero-order valence-electron chi connectivity index (χ0n) is 16.2. The number of pyridine rings is 1. The number of nitrogens with zero attached hydrogens (tertiary/aromatic N) is 3. The van der Waals surface area contributed by atoms with E-state index in [1.807, 2.05) is 12.1 Å². The molecular formula is C20H28N6O2. The fourth-order valence-electron chi connectivity index (χ4n) is 4.24. The van der Waals surface area contributed by atoms with E-state index in [1.54, 1.807) is 6.20 Å². The number of anilines is 3. The maximum absolute atomic E-state index is 11.5. The number of morpholine rings is 1. The maximum Gasteiger partial charge on any atom is 0.143 e. The number of nitrogens with one attached hydrogen (secondary N) is 3. The molecule has 1 saturated carbocycles. The van der Waals surface area contributed by atoms with Gasteiger partial charge in [0.1, 0.15) is 17.5 Å². The van der Waals surface area contributed by atoms with Crippen molar-refractivity contribution in [1.82, 2.24) is 15.2 Å². The highest BCUT2D eigenvalue weighted by atomic mass is 16.5. The monoisotopic (exact) mass is 384 g/mol. The summed E-state index contributed by atoms with van der Waals surface area (Å²) in [6.07, 6.45) is 7.49. The minimum Gasteiger partial charge on any atom is -0.385 e. The number of aromatic amines is 1. The van der Waals surface area contributed by atoms with Crippen LogP contribution < -0.4 is 10.2 Å². The first-order valence-corrected chi connectivity index (χ1v) is 10.00. The molecule has 1 aliphatic carbocycles. The Morgan fingerprint density at radius 1 is 1.39 bits per heavy atom. The average Bonchev–Trinajstić information content (AvgIpc) is 3.21. The number of hydrogen-bond donors (Lipinski definition) is 4. The van der Waals surface area contributed by atoms with Crippen molar-refractivity contribution in [3.63, 3.8) is 0 Å². The van der Waals surface area contributed by atoms with E-state index in [-0.39, 0.29) is 6.04 Å². The van der Waals surface area contributed by atoms with Crippen molar-refractivity contribution in [3.05, 3.63) is 29.5 Å². The first-order chi connectivity index (χ1) is 13.6. The van der Waals surface area contributed by atoms with Gasteiger partial charge in [-0.3, -0.25) is 5.10 Å². The molecule has 2 fully saturated rings. The van der Waals surface area contributed by atoms with Gasteiger partial charge in [0, 0.05) is 24.4 Å². The fraction of sp³-hybridized carbons (Fsp3) is 0.550. The van der Waals surface area contributed by atoms with Gasteiger partial charge < -0.3 is 25.5 Å². The van der Waals surface area contributed by atoms with Crippen LogP contribution in [-0.4, -0.2) is 52.3 Å². The fourth-order valence-corrected chi connectivity index (χ4v) is 4.24. The number of hydrogen-bond acceptors (Lipinski definition) is 7. The summed E-state index contributed by atoms with van der Waals surface area (Å²) >= 11 is 0. The molecule has 1 saturated heterocycles. The molecule has 150 valence electrons. The van der Waals surface area contributed by atoms with Crippen molar-refractivity contribution in [1.29, 1.82) is 5.41 Å². The molecule has 8 heteroatoms. The molecule has 0 radical (unpaired) electrons. The van der Waals surface area contributed by atoms with Gasteiger partial charge in [-0.05, 0) is 31.4 Å². The lowest BCUT2D eigenvalue weighted by Gasteiger charge is -2.37. The molecule has 0 aromatic carbocycles. The first kappa shape index (κ1) is 18.9. The van der Waals surface area contributed by atoms with Gasteiger partial charge >= 0.3 is 0 Å². The number of rotatable bonds is 5. The van der Waals surface area contributed by atoms with Gasteiger partial charge in [0.05, 0.1) is 31.1 Å². The van der Waals surface area contributed by atoms with Gasteiger partial charge in [0.25, 0.3) is 0 Å². The van der Waals surface area contributed by atoms with Crippen molar-refractivity contribution in [2.45, 2.75) is 50.7 Å². The zero-order valence-corrected chi connectivity index (χ0v) is 16.2. The molecule has 2 aliphatic rings. The number of ether oxygens (including phenoxy) is 1. The van der Waals surface area contributed by atoms with Gasteiger partial charge in [-0.15, -0.1) is 0 Å². The Kier molecular flexibility index (Phi) is 5.32. The molecule has 0 unspecified atom stereocenters. The largest absolute Gasteiger partial charge is 0.385 e. The van der Waals surface area contributed by atoms with E-state index in [1.165, 1.54) is 6.21 Å². The van der Waals surface area contributed by atoms with Crippen LogP contribution in [0.5, 0.6) is 0 Å². The van der Waals surface area contributed by atoms with Crippen molar-refractivity contribution >= 4 is 23.7 Å². The lowest BCUT2D eigenvalue weighted by molar-refractivity contribution is -0.000749. The number of aromatic nitrogens is 3. The van der Waals surface area contributed by atoms with Gasteiger partial charge in [-0.2, -0.15) is 5.10 Å². The van der Waals surface area contributed by atoms with Crippen LogP contribution in [0.15, 0.2) is 18.3 Å². The van der Waals surface area contributed by atoms with Crippen LogP contribution >= 0.6 is 0 Å². The SMILES string of the molecule is C[C@@H]1COCCN1c1cc(C2(O)CCCCC2)c(C=N)c(Nc2ccn[nH]2)n1. The van der Waals surface area contributed by atoms with E-state index in [4.69, 9.17) is 15.1 Å². The Hall–Kier alpha value is -2.45. The molecule has 28 heavy (non-hydrogen) atoms. The normalized spacial score (nSPS) is 22.1. The van der Waals surface area contributed by atoms with Crippen molar-refractivity contribution < 1.29 is 9.84 Å². The third kappa shape index (κ3) is 3.62. The summed E-state index contributed by atoms with van der Waals surface area (Å²) < 4.78 is 5.58. The lowest BCUT2D eigenvalue weighted by atomic mass is 9.78. The quantitative estimate of drug-likeness (QED) is 0.590. The topological polar surface area (TPSA) is 110 Å². The minimum absolute atomic E-state index is 0.195. The summed E-state index contributed by atoms with van der Waals surface area (Å²) in [5.41, 5.74) is 0.486. The second-order valence-electron chi connectivity index (χ2n) is 7.74. The highest BCUT2D eigenvalue weighted by Gasteiger charge is 2.35. The van der Waals surface area contributed by atoms with Crippen LogP contribution in [0.2, 0.25) is 0 Å². The Balaban J connectivity index is 1.82. The van der Waals surface area contributed by atoms with Crippen LogP contribution in [-0.2, 0) is 10.3 Å². The highest BCUT2D eigenvalue weighted by molar-refractivity contribution is 5.89. The van der Waals surface area contributed by atoms with Crippen LogP contribution in [0.3, 0.4) is 0 Å². The molecule has 2 aromatic heterocycles. The van der Waals surface area contributed by atoms with Gasteiger partial charge in [0.2, 0.25) is 0 Å². The molecule has 4 rings (SSSR count). The summed E-state index contributed by atoms with van der Waals surface area (Å²) in [5.74, 6) is 2.06. The second kappa shape index (κ2) is 7.89. The van der Waals surface area contributed by atoms with E-state index in [2.05, 4.69) is 27.3 Å². The zero-order chi connectivity index (χ0) is 19.6. The summed E-state index contributed by atoms with van der Waals surface area (Å²) in [6, 6.07) is 3.99. The van der Waals surface area contributed by atoms with Crippen LogP contribution in [0, 0.1) is 5.41 Å². The summed E-state index contributed by atoms with van der Waals surface area (Å²) in [7, 11) is 0. The smallest absolute Gasteiger partial charge is 0.143 e. The van der Waals surface area contributed by atoms with Crippen LogP contribution in [0.25, 0.3) is 0 Å². The van der Waals surface area contributed by atoms with E-state index in [9.17, 15) is 5.11 Å². The third-order valence-corrected chi connectivity index (χ3v) is 5.79. The Labute approximate surface area is 164 Å². The summed E-state index contributed by atoms with van der Waals surface area (Å²) in [6.45, 7) is 4.17. The second-order valence-corrected chi connectivity index (χ2v) is 7.74. The Bertz CT molecular complexity index is 816. The molecule has 8 nitrogen and oxygen atoms in total. The number of H-pyrrole nitrogens is 1. The molecule has 2 aromatic rings. The summed E-state index contributed by atoms with van der Waals surface area (Å²) in [5, 5.41) is 29.6. The molecule has 3 heterocycles. The van der Waals surface area contributed by atoms with E-state index in [0.29, 0.717) is 43.3 Å². The van der Waals surface area contributed by atoms with Crippen molar-refractivity contribution in [2.75, 3.05) is 30.0 Å². The molecule has 0 amide bonds.